The maximum atomic E-state index is 8.62. The minimum Gasteiger partial charge on any atom is -0.396 e. The number of hydrogen-bond donors (Lipinski definition) is 2. The fourth-order valence-corrected chi connectivity index (χ4v) is 1.62. The van der Waals surface area contributed by atoms with E-state index < -0.39 is 0 Å². The normalized spacial score (nSPS) is 33.9. The van der Waals surface area contributed by atoms with E-state index in [0.717, 1.165) is 13.0 Å². The first-order valence-electron chi connectivity index (χ1n) is 4.81. The largest absolute Gasteiger partial charge is 0.396 e. The molecule has 1 fully saturated rings. The van der Waals surface area contributed by atoms with Crippen LogP contribution in [0.25, 0.3) is 0 Å². The van der Waals surface area contributed by atoms with Crippen molar-refractivity contribution in [2.75, 3.05) is 26.4 Å². The minimum atomic E-state index is -0.310. The molecule has 0 amide bonds. The van der Waals surface area contributed by atoms with Gasteiger partial charge >= 0.3 is 0 Å². The first-order chi connectivity index (χ1) is 6.25. The van der Waals surface area contributed by atoms with E-state index in [0.29, 0.717) is 19.6 Å². The molecule has 0 aliphatic carbocycles. The van der Waals surface area contributed by atoms with E-state index in [2.05, 4.69) is 0 Å². The van der Waals surface area contributed by atoms with Crippen LogP contribution in [0.5, 0.6) is 0 Å². The summed E-state index contributed by atoms with van der Waals surface area (Å²) in [7, 11) is 0. The molecule has 13 heavy (non-hydrogen) atoms. The Bertz CT molecular complexity index is 154. The third kappa shape index (κ3) is 2.40. The molecule has 0 aromatic heterocycles. The summed E-state index contributed by atoms with van der Waals surface area (Å²) in [5.41, 5.74) is 5.36. The lowest BCUT2D eigenvalue weighted by Gasteiger charge is -2.30. The van der Waals surface area contributed by atoms with Crippen LogP contribution in [-0.4, -0.2) is 43.2 Å². The zero-order valence-electron chi connectivity index (χ0n) is 8.16. The molecule has 1 saturated heterocycles. The first-order valence-corrected chi connectivity index (χ1v) is 4.81. The molecule has 4 heteroatoms. The van der Waals surface area contributed by atoms with Crippen LogP contribution in [0.4, 0.5) is 0 Å². The lowest BCUT2D eigenvalue weighted by atomic mass is 9.96. The highest BCUT2D eigenvalue weighted by atomic mass is 16.6. The molecule has 0 spiro atoms. The third-order valence-corrected chi connectivity index (χ3v) is 2.67. The van der Waals surface area contributed by atoms with Crippen molar-refractivity contribution in [1.29, 1.82) is 0 Å². The second-order valence-electron chi connectivity index (χ2n) is 3.46. The summed E-state index contributed by atoms with van der Waals surface area (Å²) in [6.07, 6.45) is 1.58. The molecule has 1 aliphatic heterocycles. The van der Waals surface area contributed by atoms with Gasteiger partial charge in [0.2, 0.25) is 0 Å². The minimum absolute atomic E-state index is 0.0659. The van der Waals surface area contributed by atoms with Gasteiger partial charge in [-0.2, -0.15) is 0 Å². The Morgan fingerprint density at radius 3 is 2.92 bits per heavy atom. The summed E-state index contributed by atoms with van der Waals surface area (Å²) < 4.78 is 11.1. The highest BCUT2D eigenvalue weighted by Gasteiger charge is 2.41. The molecule has 1 rings (SSSR count). The van der Waals surface area contributed by atoms with Crippen LogP contribution >= 0.6 is 0 Å². The van der Waals surface area contributed by atoms with Crippen molar-refractivity contribution in [3.05, 3.63) is 0 Å². The van der Waals surface area contributed by atoms with Gasteiger partial charge < -0.3 is 20.3 Å². The van der Waals surface area contributed by atoms with Crippen molar-refractivity contribution in [3.63, 3.8) is 0 Å². The lowest BCUT2D eigenvalue weighted by Crippen LogP contribution is -2.46. The summed E-state index contributed by atoms with van der Waals surface area (Å²) in [5, 5.41) is 8.62. The average Bonchev–Trinajstić information content (AvgIpc) is 2.49. The van der Waals surface area contributed by atoms with Gasteiger partial charge in [-0.1, -0.05) is 0 Å². The van der Waals surface area contributed by atoms with Crippen LogP contribution in [0.1, 0.15) is 19.8 Å². The summed E-state index contributed by atoms with van der Waals surface area (Å²) >= 11 is 0. The van der Waals surface area contributed by atoms with Gasteiger partial charge in [0.15, 0.2) is 0 Å². The molecule has 2 atom stereocenters. The van der Waals surface area contributed by atoms with E-state index >= 15 is 0 Å². The molecule has 0 aromatic rings. The van der Waals surface area contributed by atoms with Gasteiger partial charge in [0.05, 0.1) is 6.10 Å². The molecule has 0 saturated carbocycles. The predicted molar refractivity (Wildman–Crippen MR) is 49.5 cm³/mol. The molecule has 0 bridgehead atoms. The Morgan fingerprint density at radius 2 is 2.46 bits per heavy atom. The third-order valence-electron chi connectivity index (χ3n) is 2.67. The fraction of sp³-hybridized carbons (Fsp3) is 1.00. The Hall–Kier alpha value is -0.160. The summed E-state index contributed by atoms with van der Waals surface area (Å²) in [6, 6.07) is 0. The van der Waals surface area contributed by atoms with Gasteiger partial charge in [-0.15, -0.1) is 0 Å². The molecule has 78 valence electrons. The van der Waals surface area contributed by atoms with Crippen LogP contribution in [0, 0.1) is 0 Å². The van der Waals surface area contributed by atoms with Crippen LogP contribution in [-0.2, 0) is 9.47 Å². The van der Waals surface area contributed by atoms with E-state index in [9.17, 15) is 0 Å². The monoisotopic (exact) mass is 189 g/mol. The van der Waals surface area contributed by atoms with Gasteiger partial charge in [-0.3, -0.25) is 0 Å². The number of ether oxygens (including phenoxy) is 2. The first kappa shape index (κ1) is 10.9. The maximum Gasteiger partial charge on any atom is 0.108 e. The number of hydrogen-bond acceptors (Lipinski definition) is 4. The quantitative estimate of drug-likeness (QED) is 0.592. The van der Waals surface area contributed by atoms with E-state index in [1.807, 2.05) is 6.92 Å². The van der Waals surface area contributed by atoms with Crippen molar-refractivity contribution >= 4 is 0 Å². The summed E-state index contributed by atoms with van der Waals surface area (Å²) in [4.78, 5) is 0. The van der Waals surface area contributed by atoms with Crippen molar-refractivity contribution in [1.82, 2.24) is 0 Å². The Kier molecular flexibility index (Phi) is 4.12. The second-order valence-corrected chi connectivity index (χ2v) is 3.46. The fourth-order valence-electron chi connectivity index (χ4n) is 1.62. The van der Waals surface area contributed by atoms with Gasteiger partial charge in [0.1, 0.15) is 5.60 Å². The van der Waals surface area contributed by atoms with Gasteiger partial charge in [-0.25, -0.2) is 0 Å². The van der Waals surface area contributed by atoms with Crippen molar-refractivity contribution in [3.8, 4) is 0 Å². The maximum absolute atomic E-state index is 8.62. The van der Waals surface area contributed by atoms with Crippen LogP contribution < -0.4 is 5.73 Å². The predicted octanol–water partition coefficient (Wildman–Crippen LogP) is -0.108. The van der Waals surface area contributed by atoms with Gasteiger partial charge in [-0.05, 0) is 13.3 Å². The number of nitrogens with two attached hydrogens (primary N) is 1. The Labute approximate surface area is 79.0 Å². The molecule has 3 N–H and O–H groups in total. The highest BCUT2D eigenvalue weighted by Crippen LogP contribution is 2.28. The average molecular weight is 189 g/mol. The van der Waals surface area contributed by atoms with E-state index in [1.54, 1.807) is 0 Å². The van der Waals surface area contributed by atoms with Crippen molar-refractivity contribution in [2.45, 2.75) is 31.5 Å². The van der Waals surface area contributed by atoms with E-state index in [4.69, 9.17) is 20.3 Å². The van der Waals surface area contributed by atoms with E-state index in [-0.39, 0.29) is 18.3 Å². The molecule has 0 radical (unpaired) electrons. The topological polar surface area (TPSA) is 64.7 Å². The molecular formula is C9H19NO3. The van der Waals surface area contributed by atoms with E-state index in [1.165, 1.54) is 0 Å². The zero-order chi connectivity index (χ0) is 9.73. The highest BCUT2D eigenvalue weighted by molar-refractivity contribution is 4.92. The Morgan fingerprint density at radius 1 is 1.69 bits per heavy atom. The zero-order valence-corrected chi connectivity index (χ0v) is 8.16. The standard InChI is InChI=1S/C9H19NO3/c1-8-9(7-10,3-6-12-8)13-5-2-4-11/h8,11H,2-7,10H2,1H3. The molecule has 1 aliphatic rings. The van der Waals surface area contributed by atoms with Crippen LogP contribution in [0.3, 0.4) is 0 Å². The van der Waals surface area contributed by atoms with Gasteiger partial charge in [0.25, 0.3) is 0 Å². The summed E-state index contributed by atoms with van der Waals surface area (Å²) in [5.74, 6) is 0. The van der Waals surface area contributed by atoms with Crippen molar-refractivity contribution < 1.29 is 14.6 Å². The smallest absolute Gasteiger partial charge is 0.108 e. The number of aliphatic hydroxyl groups excluding tert-OH is 1. The molecule has 4 nitrogen and oxygen atoms in total. The SMILES string of the molecule is CC1OCCC1(CN)OCCCO. The number of aliphatic hydroxyl groups is 1. The second kappa shape index (κ2) is 4.91. The molecule has 2 unspecified atom stereocenters. The molecule has 0 aromatic carbocycles. The summed E-state index contributed by atoms with van der Waals surface area (Å²) in [6.45, 7) is 3.91. The molecular weight excluding hydrogens is 170 g/mol. The van der Waals surface area contributed by atoms with Crippen LogP contribution in [0.2, 0.25) is 0 Å². The number of rotatable bonds is 5. The Balaban J connectivity index is 2.39. The van der Waals surface area contributed by atoms with Crippen molar-refractivity contribution in [2.24, 2.45) is 5.73 Å². The van der Waals surface area contributed by atoms with Gasteiger partial charge in [0, 0.05) is 32.8 Å². The molecule has 1 heterocycles. The lowest BCUT2D eigenvalue weighted by molar-refractivity contribution is -0.0814. The van der Waals surface area contributed by atoms with Crippen LogP contribution in [0.15, 0.2) is 0 Å².